The molecule has 5 nitrogen and oxygen atoms in total. The van der Waals surface area contributed by atoms with Crippen molar-refractivity contribution in [2.75, 3.05) is 6.61 Å². The van der Waals surface area contributed by atoms with Gasteiger partial charge in [-0.25, -0.2) is 0 Å². The van der Waals surface area contributed by atoms with Crippen molar-refractivity contribution in [1.29, 1.82) is 0 Å². The van der Waals surface area contributed by atoms with Crippen LogP contribution in [0.2, 0.25) is 0 Å². The largest absolute Gasteiger partial charge is 0.498 e. The number of rotatable bonds is 4. The summed E-state index contributed by atoms with van der Waals surface area (Å²) in [6.07, 6.45) is 5.93. The minimum Gasteiger partial charge on any atom is -0.399 e. The van der Waals surface area contributed by atoms with Crippen molar-refractivity contribution in [3.63, 3.8) is 0 Å². The van der Waals surface area contributed by atoms with Crippen LogP contribution in [-0.4, -0.2) is 39.8 Å². The van der Waals surface area contributed by atoms with Crippen molar-refractivity contribution in [2.24, 2.45) is 5.41 Å². The quantitative estimate of drug-likeness (QED) is 0.833. The number of hydrogen-bond acceptors (Lipinski definition) is 4. The Balaban J connectivity index is 1.72. The first kappa shape index (κ1) is 14.1. The molecule has 1 aromatic rings. The highest BCUT2D eigenvalue weighted by molar-refractivity contribution is 6.61. The molecule has 110 valence electrons. The van der Waals surface area contributed by atoms with Crippen LogP contribution in [0.4, 0.5) is 0 Å². The topological polar surface area (TPSA) is 56.5 Å². The van der Waals surface area contributed by atoms with Crippen LogP contribution in [0.25, 0.3) is 0 Å². The highest BCUT2D eigenvalue weighted by atomic mass is 16.7. The average Bonchev–Trinajstić information content (AvgIpc) is 2.89. The smallest absolute Gasteiger partial charge is 0.399 e. The lowest BCUT2D eigenvalue weighted by Crippen LogP contribution is -2.41. The fraction of sp³-hybridized carbons (Fsp3) is 0.786. The van der Waals surface area contributed by atoms with Crippen LogP contribution in [0.15, 0.2) is 12.4 Å². The van der Waals surface area contributed by atoms with E-state index in [2.05, 4.69) is 5.10 Å². The number of aliphatic hydroxyl groups excluding tert-OH is 1. The van der Waals surface area contributed by atoms with Crippen molar-refractivity contribution in [3.8, 4) is 0 Å². The molecule has 1 aromatic heterocycles. The molecule has 0 bridgehead atoms. The molecule has 1 N–H and O–H groups in total. The van der Waals surface area contributed by atoms with E-state index in [0.717, 1.165) is 24.8 Å². The van der Waals surface area contributed by atoms with Gasteiger partial charge in [-0.3, -0.25) is 4.68 Å². The maximum Gasteiger partial charge on any atom is 0.498 e. The first-order valence-electron chi connectivity index (χ1n) is 7.26. The van der Waals surface area contributed by atoms with E-state index in [1.54, 1.807) is 6.20 Å². The zero-order valence-electron chi connectivity index (χ0n) is 12.7. The normalized spacial score (nSPS) is 25.9. The first-order chi connectivity index (χ1) is 9.27. The SMILES string of the molecule is CC1(C)OB(c2cnn(CC3(CO)CC3)c2)OC1(C)C. The Morgan fingerprint density at radius 3 is 2.35 bits per heavy atom. The lowest BCUT2D eigenvalue weighted by molar-refractivity contribution is 0.00578. The Morgan fingerprint density at radius 1 is 1.25 bits per heavy atom. The molecule has 3 rings (SSSR count). The molecule has 1 saturated heterocycles. The zero-order chi connectivity index (χ0) is 14.6. The summed E-state index contributed by atoms with van der Waals surface area (Å²) in [6, 6.07) is 0. The summed E-state index contributed by atoms with van der Waals surface area (Å²) in [5, 5.41) is 13.8. The summed E-state index contributed by atoms with van der Waals surface area (Å²) in [5.41, 5.74) is 0.335. The minimum atomic E-state index is -0.363. The fourth-order valence-corrected chi connectivity index (χ4v) is 2.45. The van der Waals surface area contributed by atoms with Crippen LogP contribution < -0.4 is 5.46 Å². The van der Waals surface area contributed by atoms with E-state index >= 15 is 0 Å². The molecule has 0 aromatic carbocycles. The molecule has 0 amide bonds. The van der Waals surface area contributed by atoms with E-state index < -0.39 is 0 Å². The third-order valence-electron chi connectivity index (χ3n) is 4.97. The van der Waals surface area contributed by atoms with Gasteiger partial charge in [-0.1, -0.05) is 0 Å². The zero-order valence-corrected chi connectivity index (χ0v) is 12.7. The molecular formula is C14H23BN2O3. The summed E-state index contributed by atoms with van der Waals surface area (Å²) in [4.78, 5) is 0. The van der Waals surface area contributed by atoms with Gasteiger partial charge in [0.1, 0.15) is 0 Å². The fourth-order valence-electron chi connectivity index (χ4n) is 2.45. The second-order valence-electron chi connectivity index (χ2n) is 7.22. The van der Waals surface area contributed by atoms with Gasteiger partial charge in [-0.15, -0.1) is 0 Å². The lowest BCUT2D eigenvalue weighted by Gasteiger charge is -2.32. The molecule has 1 saturated carbocycles. The van der Waals surface area contributed by atoms with Crippen LogP contribution in [-0.2, 0) is 15.9 Å². The summed E-state index contributed by atoms with van der Waals surface area (Å²) >= 11 is 0. The van der Waals surface area contributed by atoms with Gasteiger partial charge in [0.2, 0.25) is 0 Å². The molecule has 0 atom stereocenters. The van der Waals surface area contributed by atoms with Gasteiger partial charge < -0.3 is 14.4 Å². The van der Waals surface area contributed by atoms with Gasteiger partial charge in [0.05, 0.1) is 17.8 Å². The maximum absolute atomic E-state index is 9.38. The van der Waals surface area contributed by atoms with Gasteiger partial charge in [0, 0.05) is 29.8 Å². The Bertz CT molecular complexity index is 492. The van der Waals surface area contributed by atoms with E-state index in [1.807, 2.05) is 38.6 Å². The van der Waals surface area contributed by atoms with E-state index in [0.29, 0.717) is 0 Å². The number of hydrogen-bond donors (Lipinski definition) is 1. The summed E-state index contributed by atoms with van der Waals surface area (Å²) in [5.74, 6) is 0. The monoisotopic (exact) mass is 278 g/mol. The van der Waals surface area contributed by atoms with Crippen molar-refractivity contribution >= 4 is 12.6 Å². The predicted molar refractivity (Wildman–Crippen MR) is 76.7 cm³/mol. The third-order valence-corrected chi connectivity index (χ3v) is 4.97. The van der Waals surface area contributed by atoms with E-state index in [4.69, 9.17) is 9.31 Å². The Kier molecular flexibility index (Phi) is 3.05. The standard InChI is InChI=1S/C14H23BN2O3/c1-12(2)13(3,4)20-15(19-12)11-7-16-17(8-11)9-14(10-18)5-6-14/h7-8,18H,5-6,9-10H2,1-4H3. The summed E-state index contributed by atoms with van der Waals surface area (Å²) < 4.78 is 13.9. The second-order valence-corrected chi connectivity index (χ2v) is 7.22. The average molecular weight is 278 g/mol. The molecule has 20 heavy (non-hydrogen) atoms. The maximum atomic E-state index is 9.38. The molecule has 2 heterocycles. The summed E-state index contributed by atoms with van der Waals surface area (Å²) in [7, 11) is -0.363. The van der Waals surface area contributed by atoms with Crippen LogP contribution in [0.3, 0.4) is 0 Å². The van der Waals surface area contributed by atoms with Crippen molar-refractivity contribution in [1.82, 2.24) is 9.78 Å². The molecule has 0 unspecified atom stereocenters. The molecule has 2 aliphatic rings. The van der Waals surface area contributed by atoms with Gasteiger partial charge in [-0.05, 0) is 40.5 Å². The van der Waals surface area contributed by atoms with Gasteiger partial charge in [-0.2, -0.15) is 5.10 Å². The van der Waals surface area contributed by atoms with Crippen LogP contribution in [0.5, 0.6) is 0 Å². The molecule has 0 radical (unpaired) electrons. The van der Waals surface area contributed by atoms with E-state index in [-0.39, 0.29) is 30.3 Å². The van der Waals surface area contributed by atoms with Gasteiger partial charge in [0.25, 0.3) is 0 Å². The molecular weight excluding hydrogens is 255 g/mol. The lowest BCUT2D eigenvalue weighted by atomic mass is 9.82. The number of aromatic nitrogens is 2. The van der Waals surface area contributed by atoms with Crippen LogP contribution >= 0.6 is 0 Å². The van der Waals surface area contributed by atoms with E-state index in [9.17, 15) is 5.11 Å². The van der Waals surface area contributed by atoms with E-state index in [1.165, 1.54) is 0 Å². The van der Waals surface area contributed by atoms with Gasteiger partial charge >= 0.3 is 7.12 Å². The minimum absolute atomic E-state index is 0.0548. The van der Waals surface area contributed by atoms with Crippen molar-refractivity contribution in [3.05, 3.63) is 12.4 Å². The van der Waals surface area contributed by atoms with Crippen molar-refractivity contribution in [2.45, 2.75) is 58.3 Å². The first-order valence-corrected chi connectivity index (χ1v) is 7.26. The molecule has 1 aliphatic heterocycles. The molecule has 2 fully saturated rings. The Hall–Kier alpha value is -0.845. The Morgan fingerprint density at radius 2 is 1.85 bits per heavy atom. The highest BCUT2D eigenvalue weighted by Crippen LogP contribution is 2.46. The van der Waals surface area contributed by atoms with Crippen molar-refractivity contribution < 1.29 is 14.4 Å². The number of nitrogens with zero attached hydrogens (tertiary/aromatic N) is 2. The highest BCUT2D eigenvalue weighted by Gasteiger charge is 2.52. The summed E-state index contributed by atoms with van der Waals surface area (Å²) in [6.45, 7) is 9.18. The molecule has 1 aliphatic carbocycles. The third kappa shape index (κ3) is 2.30. The Labute approximate surface area is 120 Å². The van der Waals surface area contributed by atoms with Crippen LogP contribution in [0.1, 0.15) is 40.5 Å². The molecule has 0 spiro atoms. The predicted octanol–water partition coefficient (Wildman–Crippen LogP) is 0.955. The van der Waals surface area contributed by atoms with Crippen LogP contribution in [0, 0.1) is 5.41 Å². The second kappa shape index (κ2) is 4.32. The van der Waals surface area contributed by atoms with Gasteiger partial charge in [0.15, 0.2) is 0 Å². The molecule has 6 heteroatoms. The number of aliphatic hydroxyl groups is 1.